The summed E-state index contributed by atoms with van der Waals surface area (Å²) in [7, 11) is -3.32. The molecule has 1 amide bonds. The summed E-state index contributed by atoms with van der Waals surface area (Å²) in [6, 6.07) is 8.66. The maximum Gasteiger partial charge on any atom is 0.262 e. The number of aryl methyl sites for hydroxylation is 1. The number of nitrogens with one attached hydrogen (secondary N) is 2. The minimum absolute atomic E-state index is 0.124. The average Bonchev–Trinajstić information content (AvgIpc) is 2.83. The Morgan fingerprint density at radius 1 is 1.27 bits per heavy atom. The molecule has 0 spiro atoms. The predicted molar refractivity (Wildman–Crippen MR) is 89.8 cm³/mol. The number of thiophene rings is 1. The van der Waals surface area contributed by atoms with Crippen molar-refractivity contribution in [3.63, 3.8) is 0 Å². The molecule has 0 saturated heterocycles. The van der Waals surface area contributed by atoms with Crippen LogP contribution in [0.2, 0.25) is 0 Å². The van der Waals surface area contributed by atoms with Crippen molar-refractivity contribution in [2.75, 3.05) is 11.0 Å². The molecule has 0 aliphatic carbocycles. The van der Waals surface area contributed by atoms with Crippen molar-refractivity contribution in [2.24, 2.45) is 0 Å². The summed E-state index contributed by atoms with van der Waals surface area (Å²) in [5, 5.41) is 4.80. The van der Waals surface area contributed by atoms with E-state index >= 15 is 0 Å². The highest BCUT2D eigenvalue weighted by molar-refractivity contribution is 7.92. The van der Waals surface area contributed by atoms with Crippen molar-refractivity contribution < 1.29 is 13.2 Å². The van der Waals surface area contributed by atoms with Gasteiger partial charge < -0.3 is 5.32 Å². The zero-order valence-corrected chi connectivity index (χ0v) is 14.2. The molecular formula is C15H18N2O3S2. The fourth-order valence-corrected chi connectivity index (χ4v) is 3.42. The topological polar surface area (TPSA) is 75.3 Å². The third-order valence-electron chi connectivity index (χ3n) is 3.11. The number of benzene rings is 1. The molecule has 0 aliphatic rings. The molecule has 0 aliphatic heterocycles. The Morgan fingerprint density at radius 3 is 2.59 bits per heavy atom. The first-order chi connectivity index (χ1) is 10.3. The van der Waals surface area contributed by atoms with Gasteiger partial charge in [-0.05, 0) is 48.6 Å². The molecule has 118 valence electrons. The van der Waals surface area contributed by atoms with Gasteiger partial charge in [-0.3, -0.25) is 9.52 Å². The summed E-state index contributed by atoms with van der Waals surface area (Å²) in [5.41, 5.74) is 2.26. The maximum atomic E-state index is 12.2. The fraction of sp³-hybridized carbons (Fsp3) is 0.267. The van der Waals surface area contributed by atoms with Crippen molar-refractivity contribution in [1.82, 2.24) is 5.32 Å². The van der Waals surface area contributed by atoms with E-state index in [-0.39, 0.29) is 11.9 Å². The van der Waals surface area contributed by atoms with Crippen LogP contribution in [0.1, 0.15) is 33.8 Å². The molecule has 0 bridgehead atoms. The van der Waals surface area contributed by atoms with Gasteiger partial charge in [0.1, 0.15) is 0 Å². The molecule has 5 nitrogen and oxygen atoms in total. The number of carbonyl (C=O) groups excluding carboxylic acids is 1. The number of sulfonamides is 1. The van der Waals surface area contributed by atoms with Crippen LogP contribution >= 0.6 is 11.3 Å². The molecule has 2 rings (SSSR count). The molecule has 1 atom stereocenters. The van der Waals surface area contributed by atoms with Gasteiger partial charge in [-0.1, -0.05) is 12.1 Å². The molecule has 1 aromatic carbocycles. The van der Waals surface area contributed by atoms with E-state index in [4.69, 9.17) is 0 Å². The van der Waals surface area contributed by atoms with Gasteiger partial charge >= 0.3 is 0 Å². The minimum Gasteiger partial charge on any atom is -0.345 e. The molecule has 1 heterocycles. The van der Waals surface area contributed by atoms with E-state index in [1.165, 1.54) is 11.3 Å². The molecule has 0 unspecified atom stereocenters. The Balaban J connectivity index is 2.13. The summed E-state index contributed by atoms with van der Waals surface area (Å²) >= 11 is 1.40. The molecular weight excluding hydrogens is 320 g/mol. The van der Waals surface area contributed by atoms with Crippen molar-refractivity contribution >= 4 is 33.0 Å². The van der Waals surface area contributed by atoms with E-state index in [2.05, 4.69) is 10.0 Å². The van der Waals surface area contributed by atoms with Gasteiger partial charge in [0.15, 0.2) is 0 Å². The quantitative estimate of drug-likeness (QED) is 0.880. The van der Waals surface area contributed by atoms with Crippen LogP contribution in [0.3, 0.4) is 0 Å². The third-order valence-corrected chi connectivity index (χ3v) is 4.73. The van der Waals surface area contributed by atoms with E-state index in [0.29, 0.717) is 10.6 Å². The molecule has 2 N–H and O–H groups in total. The van der Waals surface area contributed by atoms with Gasteiger partial charge in [-0.2, -0.15) is 0 Å². The molecule has 7 heteroatoms. The second-order valence-electron chi connectivity index (χ2n) is 5.13. The second-order valence-corrected chi connectivity index (χ2v) is 7.79. The van der Waals surface area contributed by atoms with Crippen LogP contribution < -0.4 is 10.0 Å². The van der Waals surface area contributed by atoms with Crippen LogP contribution in [-0.4, -0.2) is 20.6 Å². The van der Waals surface area contributed by atoms with Crippen molar-refractivity contribution in [2.45, 2.75) is 19.9 Å². The van der Waals surface area contributed by atoms with Gasteiger partial charge in [0.25, 0.3) is 5.91 Å². The largest absolute Gasteiger partial charge is 0.345 e. The standard InChI is InChI=1S/C15H18N2O3S2/c1-10-7-8-21-14(10)15(18)16-11(2)12-5-4-6-13(9-12)17-22(3,19)20/h4-9,11,17H,1-3H3,(H,16,18)/t11-/m0/s1. The molecule has 22 heavy (non-hydrogen) atoms. The Bertz CT molecular complexity index is 782. The highest BCUT2D eigenvalue weighted by Gasteiger charge is 2.15. The number of rotatable bonds is 5. The Kier molecular flexibility index (Phi) is 4.87. The average molecular weight is 338 g/mol. The van der Waals surface area contributed by atoms with Crippen LogP contribution in [0.4, 0.5) is 5.69 Å². The monoisotopic (exact) mass is 338 g/mol. The number of anilines is 1. The van der Waals surface area contributed by atoms with Gasteiger partial charge in [-0.15, -0.1) is 11.3 Å². The van der Waals surface area contributed by atoms with E-state index in [1.807, 2.05) is 31.4 Å². The van der Waals surface area contributed by atoms with Gasteiger partial charge in [0, 0.05) is 5.69 Å². The molecule has 1 aromatic heterocycles. The normalized spacial score (nSPS) is 12.7. The fourth-order valence-electron chi connectivity index (χ4n) is 2.04. The van der Waals surface area contributed by atoms with Gasteiger partial charge in [0.05, 0.1) is 17.2 Å². The highest BCUT2D eigenvalue weighted by atomic mass is 32.2. The summed E-state index contributed by atoms with van der Waals surface area (Å²) in [5.74, 6) is -0.124. The lowest BCUT2D eigenvalue weighted by molar-refractivity contribution is 0.0943. The zero-order valence-electron chi connectivity index (χ0n) is 12.6. The van der Waals surface area contributed by atoms with Crippen LogP contribution in [0.5, 0.6) is 0 Å². The van der Waals surface area contributed by atoms with Gasteiger partial charge in [0.2, 0.25) is 10.0 Å². The molecule has 0 radical (unpaired) electrons. The van der Waals surface area contributed by atoms with E-state index in [0.717, 1.165) is 17.4 Å². The third kappa shape index (κ3) is 4.32. The Morgan fingerprint density at radius 2 is 2.00 bits per heavy atom. The van der Waals surface area contributed by atoms with E-state index in [9.17, 15) is 13.2 Å². The van der Waals surface area contributed by atoms with Crippen molar-refractivity contribution in [3.05, 3.63) is 51.7 Å². The molecule has 0 fully saturated rings. The first-order valence-corrected chi connectivity index (χ1v) is 9.46. The van der Waals surface area contributed by atoms with Gasteiger partial charge in [-0.25, -0.2) is 8.42 Å². The summed E-state index contributed by atoms with van der Waals surface area (Å²) in [4.78, 5) is 12.9. The van der Waals surface area contributed by atoms with Crippen LogP contribution in [0.25, 0.3) is 0 Å². The zero-order chi connectivity index (χ0) is 16.3. The number of amides is 1. The highest BCUT2D eigenvalue weighted by Crippen LogP contribution is 2.20. The van der Waals surface area contributed by atoms with Crippen molar-refractivity contribution in [3.8, 4) is 0 Å². The lowest BCUT2D eigenvalue weighted by Gasteiger charge is -2.15. The number of hydrogen-bond acceptors (Lipinski definition) is 4. The first-order valence-electron chi connectivity index (χ1n) is 6.69. The van der Waals surface area contributed by atoms with E-state index in [1.54, 1.807) is 18.2 Å². The molecule has 2 aromatic rings. The lowest BCUT2D eigenvalue weighted by Crippen LogP contribution is -2.26. The van der Waals surface area contributed by atoms with Crippen LogP contribution in [0, 0.1) is 6.92 Å². The lowest BCUT2D eigenvalue weighted by atomic mass is 10.1. The molecule has 0 saturated carbocycles. The number of hydrogen-bond donors (Lipinski definition) is 2. The summed E-state index contributed by atoms with van der Waals surface area (Å²) < 4.78 is 25.0. The van der Waals surface area contributed by atoms with Crippen molar-refractivity contribution in [1.29, 1.82) is 0 Å². The Labute approximate surface area is 134 Å². The summed E-state index contributed by atoms with van der Waals surface area (Å²) in [6.07, 6.45) is 1.10. The first kappa shape index (κ1) is 16.5. The number of carbonyl (C=O) groups is 1. The minimum atomic E-state index is -3.32. The predicted octanol–water partition coefficient (Wildman–Crippen LogP) is 2.92. The van der Waals surface area contributed by atoms with E-state index < -0.39 is 10.0 Å². The maximum absolute atomic E-state index is 12.2. The Hall–Kier alpha value is -1.86. The summed E-state index contributed by atoms with van der Waals surface area (Å²) in [6.45, 7) is 3.76. The van der Waals surface area contributed by atoms with Crippen LogP contribution in [-0.2, 0) is 10.0 Å². The second kappa shape index (κ2) is 6.50. The van der Waals surface area contributed by atoms with Crippen LogP contribution in [0.15, 0.2) is 35.7 Å². The smallest absolute Gasteiger partial charge is 0.262 e. The SMILES string of the molecule is Cc1ccsc1C(=O)N[C@@H](C)c1cccc(NS(C)(=O)=O)c1.